The van der Waals surface area contributed by atoms with Crippen LogP contribution in [-0.4, -0.2) is 30.6 Å². The molecule has 138 valence electrons. The number of nitrogens with zero attached hydrogens (tertiary/aromatic N) is 1. The van der Waals surface area contributed by atoms with E-state index in [1.807, 2.05) is 42.5 Å². The molecule has 0 spiro atoms. The normalized spacial score (nSPS) is 15.7. The summed E-state index contributed by atoms with van der Waals surface area (Å²) in [5, 5.41) is 2.03. The van der Waals surface area contributed by atoms with Gasteiger partial charge >= 0.3 is 5.97 Å². The lowest BCUT2D eigenvalue weighted by Crippen LogP contribution is -2.35. The maximum atomic E-state index is 12.6. The Kier molecular flexibility index (Phi) is 5.50. The molecule has 3 aromatic rings. The minimum Gasteiger partial charge on any atom is -0.462 e. The molecule has 4 rings (SSSR count). The maximum Gasteiger partial charge on any atom is 0.338 e. The van der Waals surface area contributed by atoms with E-state index >= 15 is 0 Å². The second-order valence-corrected chi connectivity index (χ2v) is 7.33. The molecule has 0 aliphatic carbocycles. The Hall–Kier alpha value is -2.65. The molecule has 3 nitrogen and oxygen atoms in total. The first-order valence-corrected chi connectivity index (χ1v) is 9.71. The van der Waals surface area contributed by atoms with Gasteiger partial charge in [-0.05, 0) is 54.3 Å². The predicted octanol–water partition coefficient (Wildman–Crippen LogP) is 4.91. The molecule has 0 bridgehead atoms. The summed E-state index contributed by atoms with van der Waals surface area (Å²) in [7, 11) is 0. The first-order chi connectivity index (χ1) is 13.3. The van der Waals surface area contributed by atoms with Crippen molar-refractivity contribution >= 4 is 16.7 Å². The van der Waals surface area contributed by atoms with Gasteiger partial charge in [-0.3, -0.25) is 4.90 Å². The SMILES string of the molecule is O=C(OCC1CCN(Cc2ccccc2)CC1)c1cccc2ccccc12. The summed E-state index contributed by atoms with van der Waals surface area (Å²) >= 11 is 0. The van der Waals surface area contributed by atoms with Gasteiger partial charge in [-0.1, -0.05) is 66.7 Å². The first-order valence-electron chi connectivity index (χ1n) is 9.71. The Balaban J connectivity index is 1.29. The van der Waals surface area contributed by atoms with Crippen LogP contribution >= 0.6 is 0 Å². The molecule has 1 fully saturated rings. The van der Waals surface area contributed by atoms with Gasteiger partial charge in [-0.15, -0.1) is 0 Å². The Bertz CT molecular complexity index is 893. The van der Waals surface area contributed by atoms with Crippen molar-refractivity contribution in [2.45, 2.75) is 19.4 Å². The smallest absolute Gasteiger partial charge is 0.338 e. The highest BCUT2D eigenvalue weighted by atomic mass is 16.5. The van der Waals surface area contributed by atoms with Crippen molar-refractivity contribution in [3.8, 4) is 0 Å². The predicted molar refractivity (Wildman–Crippen MR) is 109 cm³/mol. The third-order valence-electron chi connectivity index (χ3n) is 5.42. The van der Waals surface area contributed by atoms with Gasteiger partial charge in [0.25, 0.3) is 0 Å². The van der Waals surface area contributed by atoms with E-state index in [0.29, 0.717) is 18.1 Å². The summed E-state index contributed by atoms with van der Waals surface area (Å²) in [6, 6.07) is 24.3. The van der Waals surface area contributed by atoms with E-state index in [4.69, 9.17) is 4.74 Å². The van der Waals surface area contributed by atoms with Gasteiger partial charge < -0.3 is 4.74 Å². The minimum absolute atomic E-state index is 0.210. The van der Waals surface area contributed by atoms with Crippen molar-refractivity contribution in [1.82, 2.24) is 4.90 Å². The number of benzene rings is 3. The molecule has 0 N–H and O–H groups in total. The van der Waals surface area contributed by atoms with Crippen LogP contribution in [0.3, 0.4) is 0 Å². The summed E-state index contributed by atoms with van der Waals surface area (Å²) in [6.07, 6.45) is 2.16. The Morgan fingerprint density at radius 3 is 2.41 bits per heavy atom. The van der Waals surface area contributed by atoms with Gasteiger partial charge in [-0.25, -0.2) is 4.79 Å². The van der Waals surface area contributed by atoms with Crippen LogP contribution in [0, 0.1) is 5.92 Å². The van der Waals surface area contributed by atoms with Crippen LogP contribution in [-0.2, 0) is 11.3 Å². The van der Waals surface area contributed by atoms with Crippen molar-refractivity contribution in [1.29, 1.82) is 0 Å². The number of hydrogen-bond donors (Lipinski definition) is 0. The number of esters is 1. The van der Waals surface area contributed by atoms with Crippen molar-refractivity contribution in [3.63, 3.8) is 0 Å². The molecular weight excluding hydrogens is 334 g/mol. The monoisotopic (exact) mass is 359 g/mol. The lowest BCUT2D eigenvalue weighted by molar-refractivity contribution is 0.0371. The van der Waals surface area contributed by atoms with Crippen LogP contribution < -0.4 is 0 Å². The van der Waals surface area contributed by atoms with E-state index in [1.54, 1.807) is 0 Å². The average molecular weight is 359 g/mol. The van der Waals surface area contributed by atoms with Crippen LogP contribution in [0.15, 0.2) is 72.8 Å². The summed E-state index contributed by atoms with van der Waals surface area (Å²) in [5.74, 6) is 0.245. The first kappa shape index (κ1) is 17.7. The number of rotatable bonds is 5. The summed E-state index contributed by atoms with van der Waals surface area (Å²) in [4.78, 5) is 15.1. The zero-order valence-electron chi connectivity index (χ0n) is 15.5. The van der Waals surface area contributed by atoms with Gasteiger partial charge in [-0.2, -0.15) is 0 Å². The molecule has 1 aliphatic heterocycles. The largest absolute Gasteiger partial charge is 0.462 e. The van der Waals surface area contributed by atoms with Gasteiger partial charge in [0.15, 0.2) is 0 Å². The number of hydrogen-bond acceptors (Lipinski definition) is 3. The second kappa shape index (κ2) is 8.36. The molecule has 3 aromatic carbocycles. The molecule has 0 amide bonds. The highest BCUT2D eigenvalue weighted by Crippen LogP contribution is 2.22. The molecule has 1 saturated heterocycles. The third kappa shape index (κ3) is 4.37. The number of carbonyl (C=O) groups is 1. The molecule has 0 radical (unpaired) electrons. The Morgan fingerprint density at radius 1 is 0.889 bits per heavy atom. The molecular formula is C24H25NO2. The number of carbonyl (C=O) groups excluding carboxylic acids is 1. The van der Waals surface area contributed by atoms with Crippen LogP contribution in [0.2, 0.25) is 0 Å². The Labute approximate surface area is 160 Å². The molecule has 3 heteroatoms. The summed E-state index contributed by atoms with van der Waals surface area (Å²) < 4.78 is 5.67. The van der Waals surface area contributed by atoms with Gasteiger partial charge in [0.1, 0.15) is 0 Å². The maximum absolute atomic E-state index is 12.6. The highest BCUT2D eigenvalue weighted by Gasteiger charge is 2.21. The zero-order chi connectivity index (χ0) is 18.5. The van der Waals surface area contributed by atoms with Crippen molar-refractivity contribution in [3.05, 3.63) is 83.9 Å². The topological polar surface area (TPSA) is 29.5 Å². The zero-order valence-corrected chi connectivity index (χ0v) is 15.5. The van der Waals surface area contributed by atoms with Crippen LogP contribution in [0.5, 0.6) is 0 Å². The number of likely N-dealkylation sites (tertiary alicyclic amines) is 1. The van der Waals surface area contributed by atoms with Crippen LogP contribution in [0.25, 0.3) is 10.8 Å². The molecule has 0 aromatic heterocycles. The minimum atomic E-state index is -0.210. The number of fused-ring (bicyclic) bond motifs is 1. The van der Waals surface area contributed by atoms with Crippen molar-refractivity contribution in [2.24, 2.45) is 5.92 Å². The molecule has 0 atom stereocenters. The highest BCUT2D eigenvalue weighted by molar-refractivity contribution is 6.04. The van der Waals surface area contributed by atoms with Gasteiger partial charge in [0.2, 0.25) is 0 Å². The van der Waals surface area contributed by atoms with Gasteiger partial charge in [0, 0.05) is 6.54 Å². The van der Waals surface area contributed by atoms with Crippen molar-refractivity contribution in [2.75, 3.05) is 19.7 Å². The van der Waals surface area contributed by atoms with Crippen LogP contribution in [0.4, 0.5) is 0 Å². The molecule has 1 heterocycles. The van der Waals surface area contributed by atoms with E-state index < -0.39 is 0 Å². The summed E-state index contributed by atoms with van der Waals surface area (Å²) in [5.41, 5.74) is 2.02. The van der Waals surface area contributed by atoms with E-state index in [2.05, 4.69) is 35.2 Å². The van der Waals surface area contributed by atoms with E-state index in [9.17, 15) is 4.79 Å². The number of piperidine rings is 1. The molecule has 1 aliphatic rings. The molecule has 0 unspecified atom stereocenters. The quantitative estimate of drug-likeness (QED) is 0.606. The fraction of sp³-hybridized carbons (Fsp3) is 0.292. The average Bonchev–Trinajstić information content (AvgIpc) is 2.73. The lowest BCUT2D eigenvalue weighted by atomic mass is 9.97. The Morgan fingerprint density at radius 2 is 1.59 bits per heavy atom. The second-order valence-electron chi connectivity index (χ2n) is 7.33. The lowest BCUT2D eigenvalue weighted by Gasteiger charge is -2.31. The van der Waals surface area contributed by atoms with Crippen LogP contribution in [0.1, 0.15) is 28.8 Å². The van der Waals surface area contributed by atoms with Crippen molar-refractivity contribution < 1.29 is 9.53 Å². The summed E-state index contributed by atoms with van der Waals surface area (Å²) in [6.45, 7) is 3.64. The van der Waals surface area contributed by atoms with E-state index in [-0.39, 0.29) is 5.97 Å². The molecule has 0 saturated carbocycles. The van der Waals surface area contributed by atoms with Gasteiger partial charge in [0.05, 0.1) is 12.2 Å². The fourth-order valence-corrected chi connectivity index (χ4v) is 3.83. The standard InChI is InChI=1S/C24H25NO2/c26-24(23-12-6-10-21-9-4-5-11-22(21)23)27-18-20-13-15-25(16-14-20)17-19-7-2-1-3-8-19/h1-12,20H,13-18H2. The fourth-order valence-electron chi connectivity index (χ4n) is 3.83. The third-order valence-corrected chi connectivity index (χ3v) is 5.42. The van der Waals surface area contributed by atoms with E-state index in [0.717, 1.165) is 43.2 Å². The number of ether oxygens (including phenoxy) is 1. The molecule has 27 heavy (non-hydrogen) atoms. The van der Waals surface area contributed by atoms with E-state index in [1.165, 1.54) is 5.56 Å².